The van der Waals surface area contributed by atoms with Gasteiger partial charge < -0.3 is 24.1 Å². The number of nitrogens with zero attached hydrogens (tertiary/aromatic N) is 3. The second-order valence-corrected chi connectivity index (χ2v) is 7.76. The van der Waals surface area contributed by atoms with E-state index in [1.54, 1.807) is 6.92 Å². The first-order chi connectivity index (χ1) is 15.8. The minimum atomic E-state index is -4.75. The lowest BCUT2D eigenvalue weighted by atomic mass is 9.94. The van der Waals surface area contributed by atoms with Gasteiger partial charge in [0.1, 0.15) is 11.4 Å². The van der Waals surface area contributed by atoms with Crippen LogP contribution in [0.1, 0.15) is 48.5 Å². The molecule has 1 aliphatic heterocycles. The zero-order valence-corrected chi connectivity index (χ0v) is 18.7. The minimum absolute atomic E-state index is 0.0257. The highest BCUT2D eigenvalue weighted by Crippen LogP contribution is 2.40. The van der Waals surface area contributed by atoms with Gasteiger partial charge in [-0.25, -0.2) is 9.18 Å². The summed E-state index contributed by atoms with van der Waals surface area (Å²) >= 11 is 0. The smallest absolute Gasteiger partial charge is 0.425 e. The summed E-state index contributed by atoms with van der Waals surface area (Å²) in [5, 5.41) is 6.02. The monoisotopic (exact) mass is 490 g/mol. The molecule has 14 heteroatoms. The number of alkyl halides is 4. The van der Waals surface area contributed by atoms with E-state index in [1.165, 1.54) is 13.8 Å². The van der Waals surface area contributed by atoms with Gasteiger partial charge in [0.05, 0.1) is 25.4 Å². The van der Waals surface area contributed by atoms with Crippen LogP contribution in [0.2, 0.25) is 0 Å². The lowest BCUT2D eigenvalue weighted by Crippen LogP contribution is -2.51. The average Bonchev–Trinajstić information content (AvgIpc) is 3.18. The van der Waals surface area contributed by atoms with E-state index in [-0.39, 0.29) is 23.9 Å². The van der Waals surface area contributed by atoms with E-state index in [0.717, 1.165) is 19.2 Å². The Hall–Kier alpha value is -3.29. The largest absolute Gasteiger partial charge is 0.481 e. The fourth-order valence-electron chi connectivity index (χ4n) is 2.96. The number of carbonyl (C=O) groups excluding carboxylic acids is 2. The Labute approximate surface area is 191 Å². The van der Waals surface area contributed by atoms with Crippen LogP contribution in [0.15, 0.2) is 16.8 Å². The molecule has 0 radical (unpaired) electrons. The van der Waals surface area contributed by atoms with Gasteiger partial charge in [-0.1, -0.05) is 5.16 Å². The topological polar surface area (TPSA) is 126 Å². The number of rotatable bonds is 8. The quantitative estimate of drug-likeness (QED) is 0.439. The van der Waals surface area contributed by atoms with Crippen molar-refractivity contribution in [3.8, 4) is 5.75 Å². The molecule has 1 aliphatic rings. The predicted octanol–water partition coefficient (Wildman–Crippen LogP) is 2.51. The van der Waals surface area contributed by atoms with Crippen molar-refractivity contribution in [3.05, 3.63) is 35.2 Å². The van der Waals surface area contributed by atoms with Crippen molar-refractivity contribution in [2.45, 2.75) is 51.2 Å². The Morgan fingerprint density at radius 1 is 1.32 bits per heavy atom. The molecular weight excluding hydrogens is 468 g/mol. The molecule has 10 nitrogen and oxygen atoms in total. The molecule has 1 unspecified atom stereocenters. The van der Waals surface area contributed by atoms with E-state index < -0.39 is 60.0 Å². The van der Waals surface area contributed by atoms with Gasteiger partial charge in [0.25, 0.3) is 5.91 Å². The number of amides is 1. The number of aryl methyl sites for hydroxylation is 1. The number of carbonyl (C=O) groups is 2. The van der Waals surface area contributed by atoms with E-state index in [1.807, 2.05) is 0 Å². The summed E-state index contributed by atoms with van der Waals surface area (Å²) in [6.07, 6.45) is -6.15. The van der Waals surface area contributed by atoms with Gasteiger partial charge in [0.15, 0.2) is 17.3 Å². The van der Waals surface area contributed by atoms with E-state index in [9.17, 15) is 27.2 Å². The number of hydrogen-bond donors (Lipinski definition) is 1. The molecule has 2 atom stereocenters. The number of halogens is 4. The summed E-state index contributed by atoms with van der Waals surface area (Å²) in [6.45, 7) is 4.17. The summed E-state index contributed by atoms with van der Waals surface area (Å²) in [6, 6.07) is 0.861. The number of ether oxygens (including phenoxy) is 3. The fourth-order valence-corrected chi connectivity index (χ4v) is 2.96. The van der Waals surface area contributed by atoms with E-state index in [0.29, 0.717) is 0 Å². The van der Waals surface area contributed by atoms with Crippen LogP contribution in [0.5, 0.6) is 5.75 Å². The van der Waals surface area contributed by atoms with Crippen LogP contribution in [-0.2, 0) is 25.5 Å². The number of esters is 1. The Balaban J connectivity index is 1.96. The Kier molecular flexibility index (Phi) is 6.82. The van der Waals surface area contributed by atoms with Crippen molar-refractivity contribution in [1.29, 1.82) is 0 Å². The van der Waals surface area contributed by atoms with E-state index >= 15 is 0 Å². The van der Waals surface area contributed by atoms with Crippen LogP contribution >= 0.6 is 0 Å². The molecular formula is C20H22F4N4O6. The molecule has 34 heavy (non-hydrogen) atoms. The second-order valence-electron chi connectivity index (χ2n) is 7.76. The van der Waals surface area contributed by atoms with Crippen molar-refractivity contribution < 1.29 is 45.9 Å². The molecule has 0 spiro atoms. The molecule has 0 aromatic carbocycles. The zero-order valence-electron chi connectivity index (χ0n) is 18.7. The Bertz CT molecular complexity index is 1070. The number of pyridine rings is 1. The van der Waals surface area contributed by atoms with Crippen molar-refractivity contribution in [2.24, 2.45) is 0 Å². The highest BCUT2D eigenvalue weighted by molar-refractivity contribution is 5.97. The predicted molar refractivity (Wildman–Crippen MR) is 104 cm³/mol. The lowest BCUT2D eigenvalue weighted by Gasteiger charge is -2.35. The van der Waals surface area contributed by atoms with E-state index in [2.05, 4.69) is 20.4 Å². The maximum atomic E-state index is 14.9. The molecule has 1 amide bonds. The summed E-state index contributed by atoms with van der Waals surface area (Å²) in [5.41, 5.74) is -4.79. The van der Waals surface area contributed by atoms with Crippen molar-refractivity contribution >= 4 is 11.9 Å². The van der Waals surface area contributed by atoms with Crippen molar-refractivity contribution in [1.82, 2.24) is 20.4 Å². The third kappa shape index (κ3) is 4.95. The van der Waals surface area contributed by atoms with Gasteiger partial charge in [-0.05, 0) is 20.8 Å². The lowest BCUT2D eigenvalue weighted by molar-refractivity contribution is -0.190. The third-order valence-corrected chi connectivity index (χ3v) is 5.03. The normalized spacial score (nSPS) is 17.8. The first kappa shape index (κ1) is 25.3. The second kappa shape index (κ2) is 9.16. The number of nitrogens with one attached hydrogen (secondary N) is 1. The third-order valence-electron chi connectivity index (χ3n) is 5.03. The molecule has 186 valence electrons. The summed E-state index contributed by atoms with van der Waals surface area (Å²) < 4.78 is 73.8. The van der Waals surface area contributed by atoms with Gasteiger partial charge in [-0.3, -0.25) is 9.78 Å². The van der Waals surface area contributed by atoms with Crippen LogP contribution in [0.4, 0.5) is 17.6 Å². The SMILES string of the molecule is CCOC(=O)C(C)(NC(=O)c1cc(O[C@@H](C)C(F)(F)F)c(C2(F)COC2)cn1)c1noc(C)n1. The summed E-state index contributed by atoms with van der Waals surface area (Å²) in [4.78, 5) is 33.4. The molecule has 3 rings (SSSR count). The summed E-state index contributed by atoms with van der Waals surface area (Å²) in [5.74, 6) is -2.58. The first-order valence-electron chi connectivity index (χ1n) is 10.1. The van der Waals surface area contributed by atoms with Gasteiger partial charge in [0, 0.05) is 19.2 Å². The zero-order chi connectivity index (χ0) is 25.3. The van der Waals surface area contributed by atoms with E-state index in [4.69, 9.17) is 18.7 Å². The molecule has 3 heterocycles. The van der Waals surface area contributed by atoms with Gasteiger partial charge in [-0.15, -0.1) is 0 Å². The number of hydrogen-bond acceptors (Lipinski definition) is 9. The average molecular weight is 490 g/mol. The maximum absolute atomic E-state index is 14.9. The fraction of sp³-hybridized carbons (Fsp3) is 0.550. The van der Waals surface area contributed by atoms with Gasteiger partial charge in [-0.2, -0.15) is 18.2 Å². The molecule has 1 fully saturated rings. The molecule has 0 bridgehead atoms. The van der Waals surface area contributed by atoms with Crippen LogP contribution in [0, 0.1) is 6.92 Å². The highest BCUT2D eigenvalue weighted by atomic mass is 19.4. The van der Waals surface area contributed by atoms with Crippen LogP contribution in [0.3, 0.4) is 0 Å². The Morgan fingerprint density at radius 2 is 2.00 bits per heavy atom. The Morgan fingerprint density at radius 3 is 2.50 bits per heavy atom. The van der Waals surface area contributed by atoms with Crippen LogP contribution in [0.25, 0.3) is 0 Å². The molecule has 2 aromatic heterocycles. The molecule has 1 saturated heterocycles. The first-order valence-corrected chi connectivity index (χ1v) is 10.1. The van der Waals surface area contributed by atoms with Crippen molar-refractivity contribution in [3.63, 3.8) is 0 Å². The maximum Gasteiger partial charge on any atom is 0.425 e. The van der Waals surface area contributed by atoms with Crippen LogP contribution < -0.4 is 10.1 Å². The van der Waals surface area contributed by atoms with Gasteiger partial charge in [0.2, 0.25) is 11.7 Å². The highest BCUT2D eigenvalue weighted by Gasteiger charge is 2.46. The molecule has 1 N–H and O–H groups in total. The van der Waals surface area contributed by atoms with Crippen LogP contribution in [-0.4, -0.2) is 59.1 Å². The molecule has 2 aromatic rings. The molecule has 0 saturated carbocycles. The minimum Gasteiger partial charge on any atom is -0.481 e. The number of aromatic nitrogens is 3. The van der Waals surface area contributed by atoms with Crippen molar-refractivity contribution in [2.75, 3.05) is 19.8 Å². The van der Waals surface area contributed by atoms with Gasteiger partial charge >= 0.3 is 12.1 Å². The standard InChI is InChI=1S/C20H22F4N4O6/c1-5-32-17(30)18(4,16-26-11(3)34-28-16)27-15(29)13-6-14(33-10(2)20(22,23)24)12(7-25-13)19(21)8-31-9-19/h6-7,10H,5,8-9H2,1-4H3,(H,27,29)/t10-,18?/m0/s1. The summed E-state index contributed by atoms with van der Waals surface area (Å²) in [7, 11) is 0. The molecule has 0 aliphatic carbocycles.